The summed E-state index contributed by atoms with van der Waals surface area (Å²) in [5.41, 5.74) is 1.66. The van der Waals surface area contributed by atoms with E-state index in [2.05, 4.69) is 4.98 Å². The van der Waals surface area contributed by atoms with Gasteiger partial charge in [-0.3, -0.25) is 4.79 Å². The van der Waals surface area contributed by atoms with Crippen LogP contribution in [0.2, 0.25) is 5.02 Å². The first-order valence-corrected chi connectivity index (χ1v) is 5.58. The van der Waals surface area contributed by atoms with E-state index in [1.54, 1.807) is 19.2 Å². The number of Topliss-reactive ketones (excluding diaryl/α,β-unsaturated/α-hetero) is 1. The zero-order chi connectivity index (χ0) is 12.4. The lowest BCUT2D eigenvalue weighted by Gasteiger charge is -1.96. The number of halogens is 1. The number of ketones is 1. The third-order valence-electron chi connectivity index (χ3n) is 2.42. The molecule has 0 saturated carbocycles. The van der Waals surface area contributed by atoms with Gasteiger partial charge in [0.2, 0.25) is 0 Å². The van der Waals surface area contributed by atoms with Gasteiger partial charge in [-0.05, 0) is 19.1 Å². The fraction of sp³-hybridized carbons (Fsp3) is 0.333. The van der Waals surface area contributed by atoms with Gasteiger partial charge in [0.1, 0.15) is 5.52 Å². The molecule has 17 heavy (non-hydrogen) atoms. The topological polar surface area (TPSA) is 52.3 Å². The number of hydrogen-bond acceptors (Lipinski definition) is 4. The van der Waals surface area contributed by atoms with Gasteiger partial charge in [-0.2, -0.15) is 0 Å². The fourth-order valence-corrected chi connectivity index (χ4v) is 1.79. The second-order valence-corrected chi connectivity index (χ2v) is 4.12. The molecule has 4 nitrogen and oxygen atoms in total. The average Bonchev–Trinajstić information content (AvgIpc) is 2.69. The Balaban J connectivity index is 2.45. The van der Waals surface area contributed by atoms with Crippen molar-refractivity contribution in [1.29, 1.82) is 0 Å². The molecule has 0 atom stereocenters. The van der Waals surface area contributed by atoms with Gasteiger partial charge in [-0.15, -0.1) is 0 Å². The Morgan fingerprint density at radius 1 is 1.53 bits per heavy atom. The van der Waals surface area contributed by atoms with Gasteiger partial charge in [-0.25, -0.2) is 4.98 Å². The summed E-state index contributed by atoms with van der Waals surface area (Å²) in [5.74, 6) is 0.514. The van der Waals surface area contributed by atoms with Crippen LogP contribution in [0.1, 0.15) is 23.2 Å². The van der Waals surface area contributed by atoms with Crippen molar-refractivity contribution in [2.75, 3.05) is 13.7 Å². The lowest BCUT2D eigenvalue weighted by atomic mass is 10.1. The molecule has 1 aromatic heterocycles. The van der Waals surface area contributed by atoms with Crippen LogP contribution in [0.15, 0.2) is 16.5 Å². The lowest BCUT2D eigenvalue weighted by molar-refractivity contribution is 0.101. The molecule has 0 aliphatic carbocycles. The molecule has 1 heterocycles. The molecule has 0 radical (unpaired) electrons. The second kappa shape index (κ2) is 4.85. The van der Waals surface area contributed by atoms with Crippen LogP contribution >= 0.6 is 11.6 Å². The molecule has 2 aromatic rings. The van der Waals surface area contributed by atoms with E-state index in [-0.39, 0.29) is 5.78 Å². The number of carbonyl (C=O) groups excluding carboxylic acids is 1. The van der Waals surface area contributed by atoms with E-state index >= 15 is 0 Å². The number of fused-ring (bicyclic) bond motifs is 1. The van der Waals surface area contributed by atoms with Crippen LogP contribution in [0, 0.1) is 0 Å². The molecular formula is C12H12ClNO3. The maximum absolute atomic E-state index is 11.3. The van der Waals surface area contributed by atoms with Crippen LogP contribution in [-0.2, 0) is 11.2 Å². The number of methoxy groups -OCH3 is 1. The van der Waals surface area contributed by atoms with Crippen molar-refractivity contribution in [3.8, 4) is 0 Å². The Morgan fingerprint density at radius 3 is 2.94 bits per heavy atom. The highest BCUT2D eigenvalue weighted by molar-refractivity contribution is 6.35. The first-order valence-electron chi connectivity index (χ1n) is 5.20. The summed E-state index contributed by atoms with van der Waals surface area (Å²) >= 11 is 6.04. The van der Waals surface area contributed by atoms with E-state index in [0.29, 0.717) is 40.6 Å². The summed E-state index contributed by atoms with van der Waals surface area (Å²) in [5, 5.41) is 0.406. The summed E-state index contributed by atoms with van der Waals surface area (Å²) < 4.78 is 10.4. The molecule has 0 unspecified atom stereocenters. The minimum Gasteiger partial charge on any atom is -0.439 e. The number of oxazole rings is 1. The van der Waals surface area contributed by atoms with E-state index in [4.69, 9.17) is 20.8 Å². The Labute approximate surface area is 104 Å². The molecule has 0 amide bonds. The van der Waals surface area contributed by atoms with E-state index in [1.807, 2.05) is 0 Å². The largest absolute Gasteiger partial charge is 0.439 e. The predicted octanol–water partition coefficient (Wildman–Crippen LogP) is 2.87. The third-order valence-corrected chi connectivity index (χ3v) is 2.70. The van der Waals surface area contributed by atoms with Crippen LogP contribution in [0.25, 0.3) is 11.1 Å². The zero-order valence-electron chi connectivity index (χ0n) is 9.62. The first-order chi connectivity index (χ1) is 8.11. The summed E-state index contributed by atoms with van der Waals surface area (Å²) in [6.07, 6.45) is 0.580. The molecule has 5 heteroatoms. The molecule has 0 aliphatic heterocycles. The number of rotatable bonds is 4. The summed E-state index contributed by atoms with van der Waals surface area (Å²) in [4.78, 5) is 15.6. The third kappa shape index (κ3) is 2.48. The number of hydrogen-bond donors (Lipinski definition) is 0. The molecule has 0 aliphatic rings. The Bertz CT molecular complexity index is 562. The van der Waals surface area contributed by atoms with Gasteiger partial charge in [0.25, 0.3) is 0 Å². The van der Waals surface area contributed by atoms with Gasteiger partial charge in [0.05, 0.1) is 11.6 Å². The van der Waals surface area contributed by atoms with Crippen LogP contribution < -0.4 is 0 Å². The molecule has 0 bridgehead atoms. The van der Waals surface area contributed by atoms with Crippen molar-refractivity contribution in [2.45, 2.75) is 13.3 Å². The lowest BCUT2D eigenvalue weighted by Crippen LogP contribution is -1.94. The van der Waals surface area contributed by atoms with E-state index in [9.17, 15) is 4.79 Å². The fourth-order valence-electron chi connectivity index (χ4n) is 1.54. The van der Waals surface area contributed by atoms with E-state index in [0.717, 1.165) is 0 Å². The molecule has 0 fully saturated rings. The highest BCUT2D eigenvalue weighted by Crippen LogP contribution is 2.26. The number of ether oxygens (including phenoxy) is 1. The van der Waals surface area contributed by atoms with Gasteiger partial charge in [0.15, 0.2) is 17.3 Å². The Kier molecular flexibility index (Phi) is 3.45. The molecule has 0 spiro atoms. The highest BCUT2D eigenvalue weighted by atomic mass is 35.5. The normalized spacial score (nSPS) is 11.0. The summed E-state index contributed by atoms with van der Waals surface area (Å²) in [6.45, 7) is 2.02. The van der Waals surface area contributed by atoms with Crippen LogP contribution in [0.4, 0.5) is 0 Å². The van der Waals surface area contributed by atoms with E-state index in [1.165, 1.54) is 6.92 Å². The van der Waals surface area contributed by atoms with Gasteiger partial charge >= 0.3 is 0 Å². The standard InChI is InChI=1S/C12H12ClNO3/c1-7(15)8-5-9(13)12-10(6-8)14-11(17-12)3-4-16-2/h5-6H,3-4H2,1-2H3. The SMILES string of the molecule is COCCc1nc2cc(C(C)=O)cc(Cl)c2o1. The monoisotopic (exact) mass is 253 g/mol. The highest BCUT2D eigenvalue weighted by Gasteiger charge is 2.12. The van der Waals surface area contributed by atoms with Crippen molar-refractivity contribution in [1.82, 2.24) is 4.98 Å². The van der Waals surface area contributed by atoms with Crippen LogP contribution in [0.5, 0.6) is 0 Å². The van der Waals surface area contributed by atoms with Crippen molar-refractivity contribution in [3.05, 3.63) is 28.6 Å². The number of carbonyl (C=O) groups is 1. The van der Waals surface area contributed by atoms with Crippen molar-refractivity contribution in [2.24, 2.45) is 0 Å². The quantitative estimate of drug-likeness (QED) is 0.786. The Hall–Kier alpha value is -1.39. The summed E-state index contributed by atoms with van der Waals surface area (Å²) in [7, 11) is 1.61. The first kappa shape index (κ1) is 12.1. The van der Waals surface area contributed by atoms with Crippen molar-refractivity contribution in [3.63, 3.8) is 0 Å². The smallest absolute Gasteiger partial charge is 0.197 e. The molecule has 2 rings (SSSR count). The maximum atomic E-state index is 11.3. The molecule has 90 valence electrons. The minimum atomic E-state index is -0.0461. The second-order valence-electron chi connectivity index (χ2n) is 3.71. The molecule has 0 saturated heterocycles. The van der Waals surface area contributed by atoms with Crippen molar-refractivity contribution >= 4 is 28.5 Å². The minimum absolute atomic E-state index is 0.0461. The zero-order valence-corrected chi connectivity index (χ0v) is 10.4. The number of nitrogens with zero attached hydrogens (tertiary/aromatic N) is 1. The molecular weight excluding hydrogens is 242 g/mol. The van der Waals surface area contributed by atoms with E-state index < -0.39 is 0 Å². The van der Waals surface area contributed by atoms with Crippen LogP contribution in [-0.4, -0.2) is 24.5 Å². The Morgan fingerprint density at radius 2 is 2.29 bits per heavy atom. The predicted molar refractivity (Wildman–Crippen MR) is 64.6 cm³/mol. The number of aromatic nitrogens is 1. The van der Waals surface area contributed by atoms with Crippen molar-refractivity contribution < 1.29 is 13.9 Å². The summed E-state index contributed by atoms with van der Waals surface area (Å²) in [6, 6.07) is 3.28. The van der Waals surface area contributed by atoms with Gasteiger partial charge in [0, 0.05) is 19.1 Å². The number of benzene rings is 1. The molecule has 0 N–H and O–H groups in total. The van der Waals surface area contributed by atoms with Gasteiger partial charge < -0.3 is 9.15 Å². The maximum Gasteiger partial charge on any atom is 0.197 e. The average molecular weight is 254 g/mol. The molecule has 1 aromatic carbocycles. The van der Waals surface area contributed by atoms with Gasteiger partial charge in [-0.1, -0.05) is 11.6 Å². The van der Waals surface area contributed by atoms with Crippen LogP contribution in [0.3, 0.4) is 0 Å².